The SMILES string of the molecule is CCc1cccc(CC)c1C(=O)CC[PH](=O)C(=O)c1c(OC)cccc1OC. The van der Waals surface area contributed by atoms with Crippen molar-refractivity contribution < 1.29 is 23.6 Å². The fourth-order valence-electron chi connectivity index (χ4n) is 3.28. The Kier molecular flexibility index (Phi) is 8.01. The lowest BCUT2D eigenvalue weighted by atomic mass is 9.93. The van der Waals surface area contributed by atoms with E-state index in [4.69, 9.17) is 9.47 Å². The third kappa shape index (κ3) is 4.71. The molecule has 0 aliphatic rings. The van der Waals surface area contributed by atoms with Gasteiger partial charge in [0.2, 0.25) is 5.52 Å². The molecule has 1 unspecified atom stereocenters. The van der Waals surface area contributed by atoms with Crippen LogP contribution in [-0.4, -0.2) is 31.7 Å². The van der Waals surface area contributed by atoms with Crippen molar-refractivity contribution in [3.8, 4) is 11.5 Å². The smallest absolute Gasteiger partial charge is 0.225 e. The molecule has 0 aliphatic carbocycles. The summed E-state index contributed by atoms with van der Waals surface area (Å²) < 4.78 is 23.1. The van der Waals surface area contributed by atoms with Crippen LogP contribution in [0.3, 0.4) is 0 Å². The highest BCUT2D eigenvalue weighted by atomic mass is 31.1. The summed E-state index contributed by atoms with van der Waals surface area (Å²) >= 11 is 0. The van der Waals surface area contributed by atoms with Crippen LogP contribution in [0, 0.1) is 0 Å². The van der Waals surface area contributed by atoms with Crippen molar-refractivity contribution in [1.82, 2.24) is 0 Å². The molecule has 0 radical (unpaired) electrons. The number of methoxy groups -OCH3 is 2. The standard InChI is InChI=1S/C22H27O5P/c1-5-15-9-7-10-16(6-2)20(15)17(23)13-14-28(25)22(24)21-18(26-3)11-8-12-19(21)27-4/h7-12,28H,5-6,13-14H2,1-4H3. The summed E-state index contributed by atoms with van der Waals surface area (Å²) in [5.41, 5.74) is 2.34. The first-order valence-electron chi connectivity index (χ1n) is 9.40. The average Bonchev–Trinajstić information content (AvgIpc) is 2.75. The topological polar surface area (TPSA) is 69.7 Å². The molecule has 1 atom stereocenters. The van der Waals surface area contributed by atoms with Gasteiger partial charge in [0.15, 0.2) is 5.78 Å². The van der Waals surface area contributed by atoms with E-state index < -0.39 is 13.3 Å². The lowest BCUT2D eigenvalue weighted by Crippen LogP contribution is -2.10. The van der Waals surface area contributed by atoms with Gasteiger partial charge in [-0.15, -0.1) is 0 Å². The van der Waals surface area contributed by atoms with Gasteiger partial charge in [0.25, 0.3) is 0 Å². The maximum Gasteiger partial charge on any atom is 0.225 e. The summed E-state index contributed by atoms with van der Waals surface area (Å²) in [5, 5.41) is 0. The first-order chi connectivity index (χ1) is 13.5. The van der Waals surface area contributed by atoms with Crippen LogP contribution >= 0.6 is 7.80 Å². The van der Waals surface area contributed by atoms with Crippen LogP contribution < -0.4 is 9.47 Å². The van der Waals surface area contributed by atoms with Gasteiger partial charge in [0, 0.05) is 18.1 Å². The molecule has 0 spiro atoms. The van der Waals surface area contributed by atoms with Crippen molar-refractivity contribution in [3.63, 3.8) is 0 Å². The maximum absolute atomic E-state index is 12.8. The van der Waals surface area contributed by atoms with E-state index in [0.717, 1.165) is 24.0 Å². The molecular weight excluding hydrogens is 375 g/mol. The predicted molar refractivity (Wildman–Crippen MR) is 112 cm³/mol. The van der Waals surface area contributed by atoms with E-state index in [9.17, 15) is 14.2 Å². The number of hydrogen-bond acceptors (Lipinski definition) is 5. The van der Waals surface area contributed by atoms with Gasteiger partial charge in [-0.1, -0.05) is 38.1 Å². The number of aryl methyl sites for hydroxylation is 2. The van der Waals surface area contributed by atoms with E-state index in [-0.39, 0.29) is 23.9 Å². The molecule has 0 amide bonds. The molecule has 0 bridgehead atoms. The third-order valence-corrected chi connectivity index (χ3v) is 6.23. The molecular formula is C22H27O5P. The van der Waals surface area contributed by atoms with Crippen LogP contribution in [-0.2, 0) is 17.4 Å². The first-order valence-corrected chi connectivity index (χ1v) is 11.0. The Morgan fingerprint density at radius 1 is 0.857 bits per heavy atom. The first kappa shape index (κ1) is 21.9. The number of ketones is 1. The van der Waals surface area contributed by atoms with Gasteiger partial charge in [-0.3, -0.25) is 9.59 Å². The Morgan fingerprint density at radius 3 is 1.82 bits per heavy atom. The summed E-state index contributed by atoms with van der Waals surface area (Å²) in [6, 6.07) is 10.8. The van der Waals surface area contributed by atoms with Crippen molar-refractivity contribution in [2.45, 2.75) is 33.1 Å². The minimum atomic E-state index is -2.69. The summed E-state index contributed by atoms with van der Waals surface area (Å²) in [6.45, 7) is 4.01. The van der Waals surface area contributed by atoms with E-state index in [1.54, 1.807) is 18.2 Å². The van der Waals surface area contributed by atoms with Gasteiger partial charge in [0.1, 0.15) is 24.9 Å². The van der Waals surface area contributed by atoms with E-state index in [0.29, 0.717) is 17.1 Å². The third-order valence-electron chi connectivity index (χ3n) is 4.76. The molecule has 0 aromatic heterocycles. The lowest BCUT2D eigenvalue weighted by molar-refractivity contribution is 0.0987. The average molecular weight is 402 g/mol. The van der Waals surface area contributed by atoms with Crippen molar-refractivity contribution in [3.05, 3.63) is 58.7 Å². The molecule has 28 heavy (non-hydrogen) atoms. The highest BCUT2D eigenvalue weighted by Gasteiger charge is 2.24. The monoisotopic (exact) mass is 402 g/mol. The number of carbonyl (C=O) groups is 2. The van der Waals surface area contributed by atoms with Crippen molar-refractivity contribution in [2.24, 2.45) is 0 Å². The van der Waals surface area contributed by atoms with Gasteiger partial charge in [-0.05, 0) is 36.1 Å². The maximum atomic E-state index is 12.8. The highest BCUT2D eigenvalue weighted by molar-refractivity contribution is 7.64. The van der Waals surface area contributed by atoms with Gasteiger partial charge in [-0.25, -0.2) is 0 Å². The number of rotatable bonds is 10. The number of ether oxygens (including phenoxy) is 2. The molecule has 2 aromatic rings. The second-order valence-electron chi connectivity index (χ2n) is 6.37. The normalized spacial score (nSPS) is 11.7. The Hall–Kier alpha value is -2.39. The largest absolute Gasteiger partial charge is 0.496 e. The zero-order valence-electron chi connectivity index (χ0n) is 16.8. The van der Waals surface area contributed by atoms with E-state index >= 15 is 0 Å². The van der Waals surface area contributed by atoms with Crippen molar-refractivity contribution in [2.75, 3.05) is 20.4 Å². The summed E-state index contributed by atoms with van der Waals surface area (Å²) in [7, 11) is 0.195. The van der Waals surface area contributed by atoms with Gasteiger partial charge in [-0.2, -0.15) is 0 Å². The quantitative estimate of drug-likeness (QED) is 0.422. The van der Waals surface area contributed by atoms with Crippen LogP contribution in [0.4, 0.5) is 0 Å². The molecule has 5 nitrogen and oxygen atoms in total. The van der Waals surface area contributed by atoms with Gasteiger partial charge < -0.3 is 14.0 Å². The van der Waals surface area contributed by atoms with E-state index in [2.05, 4.69) is 0 Å². The van der Waals surface area contributed by atoms with E-state index in [1.807, 2.05) is 32.0 Å². The highest BCUT2D eigenvalue weighted by Crippen LogP contribution is 2.38. The second kappa shape index (κ2) is 10.2. The fourth-order valence-corrected chi connectivity index (χ4v) is 4.49. The molecule has 0 heterocycles. The fraction of sp³-hybridized carbons (Fsp3) is 0.364. The number of Topliss-reactive ketones (excluding diaryl/α,β-unsaturated/α-hetero) is 1. The van der Waals surface area contributed by atoms with Crippen LogP contribution in [0.1, 0.15) is 52.1 Å². The lowest BCUT2D eigenvalue weighted by Gasteiger charge is -2.13. The zero-order chi connectivity index (χ0) is 20.7. The van der Waals surface area contributed by atoms with Crippen LogP contribution in [0.15, 0.2) is 36.4 Å². The summed E-state index contributed by atoms with van der Waals surface area (Å²) in [4.78, 5) is 25.6. The molecule has 6 heteroatoms. The minimum absolute atomic E-state index is 0.0325. The minimum Gasteiger partial charge on any atom is -0.496 e. The van der Waals surface area contributed by atoms with Gasteiger partial charge in [0.05, 0.1) is 14.2 Å². The number of benzene rings is 2. The Balaban J connectivity index is 2.20. The molecule has 0 N–H and O–H groups in total. The second-order valence-corrected chi connectivity index (χ2v) is 8.17. The summed E-state index contributed by atoms with van der Waals surface area (Å²) in [6.07, 6.45) is 1.61. The van der Waals surface area contributed by atoms with Crippen molar-refractivity contribution >= 4 is 19.1 Å². The van der Waals surface area contributed by atoms with Crippen LogP contribution in [0.25, 0.3) is 0 Å². The summed E-state index contributed by atoms with van der Waals surface area (Å²) in [5.74, 6) is 0.574. The Labute approximate surface area is 166 Å². The number of hydrogen-bond donors (Lipinski definition) is 0. The zero-order valence-corrected chi connectivity index (χ0v) is 17.8. The Bertz CT molecular complexity index is 844. The molecule has 0 saturated heterocycles. The molecule has 150 valence electrons. The van der Waals surface area contributed by atoms with Gasteiger partial charge >= 0.3 is 0 Å². The van der Waals surface area contributed by atoms with Crippen LogP contribution in [0.5, 0.6) is 11.5 Å². The molecule has 2 rings (SSSR count). The molecule has 0 saturated carbocycles. The molecule has 0 fully saturated rings. The van der Waals surface area contributed by atoms with E-state index in [1.165, 1.54) is 14.2 Å². The van der Waals surface area contributed by atoms with Crippen molar-refractivity contribution in [1.29, 1.82) is 0 Å². The molecule has 2 aromatic carbocycles. The van der Waals surface area contributed by atoms with Crippen LogP contribution in [0.2, 0.25) is 0 Å². The number of carbonyl (C=O) groups excluding carboxylic acids is 2. The predicted octanol–water partition coefficient (Wildman–Crippen LogP) is 4.80. The Morgan fingerprint density at radius 2 is 1.36 bits per heavy atom. The molecule has 0 aliphatic heterocycles.